The predicted molar refractivity (Wildman–Crippen MR) is 65.7 cm³/mol. The maximum atomic E-state index is 11.7. The molecule has 0 spiro atoms. The van der Waals surface area contributed by atoms with Crippen LogP contribution in [0.15, 0.2) is 24.3 Å². The number of nitrogens with zero attached hydrogens (tertiary/aromatic N) is 1. The second-order valence-electron chi connectivity index (χ2n) is 4.11. The van der Waals surface area contributed by atoms with Gasteiger partial charge in [0.1, 0.15) is 0 Å². The van der Waals surface area contributed by atoms with E-state index in [-0.39, 0.29) is 12.5 Å². The average molecular weight is 235 g/mol. The maximum Gasteiger partial charge on any atom is 0.240 e. The summed E-state index contributed by atoms with van der Waals surface area (Å²) in [5.41, 5.74) is 7.45. The Morgan fingerprint density at radius 1 is 1.53 bits per heavy atom. The lowest BCUT2D eigenvalue weighted by molar-refractivity contribution is -0.118. The fourth-order valence-corrected chi connectivity index (χ4v) is 1.91. The number of anilines is 1. The first-order chi connectivity index (χ1) is 8.22. The van der Waals surface area contributed by atoms with Crippen molar-refractivity contribution in [3.63, 3.8) is 0 Å². The van der Waals surface area contributed by atoms with E-state index in [2.05, 4.69) is 5.32 Å². The summed E-state index contributed by atoms with van der Waals surface area (Å²) in [6.45, 7) is 1.73. The molecule has 1 aliphatic heterocycles. The van der Waals surface area contributed by atoms with Gasteiger partial charge in [0.2, 0.25) is 5.91 Å². The van der Waals surface area contributed by atoms with Gasteiger partial charge in [0, 0.05) is 18.8 Å². The number of hydrogen-bond donors (Lipinski definition) is 3. The van der Waals surface area contributed by atoms with E-state index in [1.165, 1.54) is 0 Å². The first kappa shape index (κ1) is 12.0. The molecule has 1 aliphatic rings. The van der Waals surface area contributed by atoms with Crippen molar-refractivity contribution < 1.29 is 9.90 Å². The Morgan fingerprint density at radius 3 is 3.06 bits per heavy atom. The number of aliphatic hydroxyl groups excluding tert-OH is 1. The lowest BCUT2D eigenvalue weighted by Gasteiger charge is -2.28. The Bertz CT molecular complexity index is 408. The molecular formula is C12H17N3O2. The molecule has 92 valence electrons. The molecule has 0 saturated carbocycles. The summed E-state index contributed by atoms with van der Waals surface area (Å²) in [5, 5.41) is 12.1. The predicted octanol–water partition coefficient (Wildman–Crippen LogP) is -0.385. The molecule has 1 unspecified atom stereocenters. The number of piperazine rings is 1. The number of rotatable bonds is 3. The molecule has 0 aromatic heterocycles. The number of carbonyl (C=O) groups is 1. The minimum absolute atomic E-state index is 0.0611. The van der Waals surface area contributed by atoms with Crippen LogP contribution in [0.25, 0.3) is 0 Å². The Labute approximate surface area is 100 Å². The molecule has 17 heavy (non-hydrogen) atoms. The lowest BCUT2D eigenvalue weighted by Crippen LogP contribution is -2.48. The van der Waals surface area contributed by atoms with Crippen LogP contribution in [-0.4, -0.2) is 37.3 Å². The van der Waals surface area contributed by atoms with Crippen LogP contribution in [0, 0.1) is 0 Å². The number of nitrogens with two attached hydrogens (primary N) is 1. The van der Waals surface area contributed by atoms with Crippen LogP contribution in [0.3, 0.4) is 0 Å². The highest BCUT2D eigenvalue weighted by molar-refractivity contribution is 5.95. The van der Waals surface area contributed by atoms with Crippen molar-refractivity contribution in [1.29, 1.82) is 0 Å². The molecule has 5 heteroatoms. The molecule has 1 atom stereocenters. The van der Waals surface area contributed by atoms with Crippen LogP contribution >= 0.6 is 0 Å². The van der Waals surface area contributed by atoms with Gasteiger partial charge in [-0.1, -0.05) is 12.1 Å². The first-order valence-corrected chi connectivity index (χ1v) is 5.70. The Hall–Kier alpha value is -1.43. The molecule has 0 bridgehead atoms. The minimum Gasteiger partial charge on any atom is -0.394 e. The van der Waals surface area contributed by atoms with Gasteiger partial charge in [0.25, 0.3) is 0 Å². The zero-order valence-electron chi connectivity index (χ0n) is 9.60. The van der Waals surface area contributed by atoms with Crippen molar-refractivity contribution in [2.45, 2.75) is 6.04 Å². The quantitative estimate of drug-likeness (QED) is 0.667. The average Bonchev–Trinajstić information content (AvgIpc) is 2.38. The third kappa shape index (κ3) is 2.63. The molecule has 1 amide bonds. The normalized spacial score (nSPS) is 18.2. The van der Waals surface area contributed by atoms with Crippen LogP contribution in [0.4, 0.5) is 5.69 Å². The lowest BCUT2D eigenvalue weighted by atomic mass is 10.1. The third-order valence-corrected chi connectivity index (χ3v) is 2.90. The second-order valence-corrected chi connectivity index (χ2v) is 4.11. The summed E-state index contributed by atoms with van der Waals surface area (Å²) < 4.78 is 0. The first-order valence-electron chi connectivity index (χ1n) is 5.70. The van der Waals surface area contributed by atoms with Crippen LogP contribution in [-0.2, 0) is 4.79 Å². The van der Waals surface area contributed by atoms with Gasteiger partial charge >= 0.3 is 0 Å². The Kier molecular flexibility index (Phi) is 3.73. The molecule has 5 nitrogen and oxygen atoms in total. The fourth-order valence-electron chi connectivity index (χ4n) is 1.91. The van der Waals surface area contributed by atoms with Gasteiger partial charge in [-0.25, -0.2) is 0 Å². The molecule has 0 aliphatic carbocycles. The summed E-state index contributed by atoms with van der Waals surface area (Å²) in [6.07, 6.45) is 0. The Morgan fingerprint density at radius 2 is 2.35 bits per heavy atom. The topological polar surface area (TPSA) is 78.6 Å². The highest BCUT2D eigenvalue weighted by Gasteiger charge is 2.19. The van der Waals surface area contributed by atoms with Gasteiger partial charge < -0.3 is 21.1 Å². The summed E-state index contributed by atoms with van der Waals surface area (Å²) in [4.78, 5) is 13.5. The van der Waals surface area contributed by atoms with Crippen molar-refractivity contribution in [1.82, 2.24) is 5.32 Å². The van der Waals surface area contributed by atoms with Gasteiger partial charge in [0.05, 0.1) is 19.2 Å². The van der Waals surface area contributed by atoms with Crippen molar-refractivity contribution in [3.8, 4) is 0 Å². The number of carbonyl (C=O) groups excluding carboxylic acids is 1. The van der Waals surface area contributed by atoms with Gasteiger partial charge in [-0.2, -0.15) is 0 Å². The Balaban J connectivity index is 2.23. The summed E-state index contributed by atoms with van der Waals surface area (Å²) in [7, 11) is 0. The van der Waals surface area contributed by atoms with E-state index in [9.17, 15) is 4.79 Å². The van der Waals surface area contributed by atoms with E-state index in [4.69, 9.17) is 10.8 Å². The standard InChI is InChI=1S/C12H17N3O2/c13-11(8-16)9-2-1-3-10(6-9)15-5-4-14-7-12(15)17/h1-3,6,11,14,16H,4-5,7-8,13H2. The zero-order valence-corrected chi connectivity index (χ0v) is 9.60. The van der Waals surface area contributed by atoms with Gasteiger partial charge in [-0.05, 0) is 17.7 Å². The van der Waals surface area contributed by atoms with Crippen LogP contribution < -0.4 is 16.0 Å². The monoisotopic (exact) mass is 235 g/mol. The largest absolute Gasteiger partial charge is 0.394 e. The summed E-state index contributed by atoms with van der Waals surface area (Å²) >= 11 is 0. The summed E-state index contributed by atoms with van der Waals surface area (Å²) in [6, 6.07) is 7.07. The highest BCUT2D eigenvalue weighted by Crippen LogP contribution is 2.20. The van der Waals surface area contributed by atoms with Crippen LogP contribution in [0.2, 0.25) is 0 Å². The van der Waals surface area contributed by atoms with E-state index in [0.29, 0.717) is 13.1 Å². The van der Waals surface area contributed by atoms with Crippen molar-refractivity contribution in [3.05, 3.63) is 29.8 Å². The number of amides is 1. The molecular weight excluding hydrogens is 218 g/mol. The SMILES string of the molecule is NC(CO)c1cccc(N2CCNCC2=O)c1. The van der Waals surface area contributed by atoms with E-state index in [0.717, 1.165) is 17.8 Å². The number of hydrogen-bond acceptors (Lipinski definition) is 4. The van der Waals surface area contributed by atoms with Crippen molar-refractivity contribution in [2.24, 2.45) is 5.73 Å². The van der Waals surface area contributed by atoms with E-state index in [1.807, 2.05) is 24.3 Å². The molecule has 1 fully saturated rings. The molecule has 1 saturated heterocycles. The van der Waals surface area contributed by atoms with Crippen molar-refractivity contribution >= 4 is 11.6 Å². The highest BCUT2D eigenvalue weighted by atomic mass is 16.3. The fraction of sp³-hybridized carbons (Fsp3) is 0.417. The van der Waals surface area contributed by atoms with Crippen LogP contribution in [0.5, 0.6) is 0 Å². The minimum atomic E-state index is -0.395. The van der Waals surface area contributed by atoms with Crippen molar-refractivity contribution in [2.75, 3.05) is 31.1 Å². The second kappa shape index (κ2) is 5.27. The van der Waals surface area contributed by atoms with Gasteiger partial charge in [-0.15, -0.1) is 0 Å². The molecule has 2 rings (SSSR count). The van der Waals surface area contributed by atoms with E-state index in [1.54, 1.807) is 4.90 Å². The zero-order chi connectivity index (χ0) is 12.3. The van der Waals surface area contributed by atoms with Gasteiger partial charge in [0.15, 0.2) is 0 Å². The summed E-state index contributed by atoms with van der Waals surface area (Å²) in [5.74, 6) is 0.0611. The van der Waals surface area contributed by atoms with Crippen LogP contribution in [0.1, 0.15) is 11.6 Å². The number of benzene rings is 1. The van der Waals surface area contributed by atoms with E-state index >= 15 is 0 Å². The van der Waals surface area contributed by atoms with Gasteiger partial charge in [-0.3, -0.25) is 4.79 Å². The van der Waals surface area contributed by atoms with E-state index < -0.39 is 6.04 Å². The molecule has 1 heterocycles. The number of nitrogens with one attached hydrogen (secondary N) is 1. The molecule has 4 N–H and O–H groups in total. The number of aliphatic hydroxyl groups is 1. The molecule has 1 aromatic carbocycles. The third-order valence-electron chi connectivity index (χ3n) is 2.90. The smallest absolute Gasteiger partial charge is 0.240 e. The maximum absolute atomic E-state index is 11.7. The molecule has 0 radical (unpaired) electrons. The molecule has 1 aromatic rings.